The Kier molecular flexibility index (Phi) is 4.77. The Morgan fingerprint density at radius 1 is 1.14 bits per heavy atom. The van der Waals surface area contributed by atoms with Crippen molar-refractivity contribution in [1.29, 1.82) is 0 Å². The van der Waals surface area contributed by atoms with E-state index in [4.69, 9.17) is 5.73 Å². The van der Waals surface area contributed by atoms with E-state index in [1.54, 1.807) is 0 Å². The second-order valence-corrected chi connectivity index (χ2v) is 4.82. The maximum absolute atomic E-state index is 12.9. The van der Waals surface area contributed by atoms with Gasteiger partial charge in [-0.25, -0.2) is 4.98 Å². The molecule has 2 rings (SSSR count). The van der Waals surface area contributed by atoms with Gasteiger partial charge in [0.1, 0.15) is 0 Å². The molecule has 0 unspecified atom stereocenters. The summed E-state index contributed by atoms with van der Waals surface area (Å²) in [5.74, 6) is -1.53. The van der Waals surface area contributed by atoms with Crippen molar-refractivity contribution >= 4 is 0 Å². The molecule has 1 aromatic heterocycles. The van der Waals surface area contributed by atoms with Gasteiger partial charge in [0.25, 0.3) is 0 Å². The number of hydrogen-bond acceptors (Lipinski definition) is 3. The van der Waals surface area contributed by atoms with Gasteiger partial charge in [-0.05, 0) is 23.3 Å². The van der Waals surface area contributed by atoms with E-state index in [0.29, 0.717) is 5.56 Å². The summed E-state index contributed by atoms with van der Waals surface area (Å²) < 4.78 is 51.4. The zero-order chi connectivity index (χ0) is 16.3. The molecule has 0 fully saturated rings. The first-order chi connectivity index (χ1) is 10.3. The van der Waals surface area contributed by atoms with E-state index in [1.165, 1.54) is 24.4 Å². The van der Waals surface area contributed by atoms with E-state index in [2.05, 4.69) is 4.98 Å². The zero-order valence-corrected chi connectivity index (χ0v) is 11.4. The number of halogens is 4. The highest BCUT2D eigenvalue weighted by Crippen LogP contribution is 2.34. The highest BCUT2D eigenvalue weighted by Gasteiger charge is 2.32. The summed E-state index contributed by atoms with van der Waals surface area (Å²) in [4.78, 5) is 3.47. The van der Waals surface area contributed by atoms with Crippen molar-refractivity contribution in [2.45, 2.75) is 18.2 Å². The molecule has 0 radical (unpaired) electrons. The van der Waals surface area contributed by atoms with Crippen molar-refractivity contribution in [2.24, 2.45) is 5.73 Å². The lowest BCUT2D eigenvalue weighted by Crippen LogP contribution is -2.28. The second kappa shape index (κ2) is 6.41. The first-order valence-corrected chi connectivity index (χ1v) is 6.49. The normalized spacial score (nSPS) is 14.6. The molecule has 0 saturated carbocycles. The van der Waals surface area contributed by atoms with E-state index >= 15 is 0 Å². The van der Waals surface area contributed by atoms with Gasteiger partial charge >= 0.3 is 6.18 Å². The number of rotatable bonds is 4. The quantitative estimate of drug-likeness (QED) is 0.674. The van der Waals surface area contributed by atoms with Crippen molar-refractivity contribution in [3.63, 3.8) is 0 Å². The van der Waals surface area contributed by atoms with Gasteiger partial charge in [-0.3, -0.25) is 0 Å². The van der Waals surface area contributed by atoms with Crippen molar-refractivity contribution in [1.82, 2.24) is 4.98 Å². The van der Waals surface area contributed by atoms with Crippen LogP contribution in [0.25, 0.3) is 0 Å². The summed E-state index contributed by atoms with van der Waals surface area (Å²) in [6, 6.07) is 7.06. The molecule has 0 amide bonds. The third-order valence-corrected chi connectivity index (χ3v) is 3.31. The largest absolute Gasteiger partial charge is 0.416 e. The van der Waals surface area contributed by atoms with E-state index in [9.17, 15) is 22.7 Å². The minimum atomic E-state index is -4.49. The van der Waals surface area contributed by atoms with Crippen LogP contribution in [0, 0.1) is 5.95 Å². The van der Waals surface area contributed by atoms with Gasteiger partial charge in [-0.1, -0.05) is 24.3 Å². The Morgan fingerprint density at radius 2 is 1.86 bits per heavy atom. The third kappa shape index (κ3) is 3.61. The van der Waals surface area contributed by atoms with Gasteiger partial charge in [-0.2, -0.15) is 17.6 Å². The SMILES string of the molecule is NC[C@H](O)[C@@H](c1ccc(F)nc1)c1cccc(C(F)(F)F)c1. The van der Waals surface area contributed by atoms with Crippen LogP contribution in [-0.4, -0.2) is 22.7 Å². The highest BCUT2D eigenvalue weighted by molar-refractivity contribution is 5.36. The topological polar surface area (TPSA) is 59.1 Å². The van der Waals surface area contributed by atoms with Gasteiger partial charge in [0.15, 0.2) is 0 Å². The number of nitrogens with two attached hydrogens (primary N) is 1. The molecule has 2 atom stereocenters. The molecule has 0 aliphatic rings. The summed E-state index contributed by atoms with van der Waals surface area (Å²) in [6.07, 6.45) is -4.43. The molecule has 1 aromatic carbocycles. The smallest absolute Gasteiger partial charge is 0.391 e. The molecule has 118 valence electrons. The summed E-state index contributed by atoms with van der Waals surface area (Å²) in [6.45, 7) is -0.154. The van der Waals surface area contributed by atoms with Gasteiger partial charge in [0.2, 0.25) is 5.95 Å². The molecule has 0 bridgehead atoms. The van der Waals surface area contributed by atoms with Crippen LogP contribution >= 0.6 is 0 Å². The van der Waals surface area contributed by atoms with Crippen LogP contribution in [0.1, 0.15) is 22.6 Å². The van der Waals surface area contributed by atoms with E-state index in [-0.39, 0.29) is 12.1 Å². The minimum Gasteiger partial charge on any atom is -0.391 e. The molecule has 3 N–H and O–H groups in total. The number of aromatic nitrogens is 1. The van der Waals surface area contributed by atoms with Crippen molar-refractivity contribution < 1.29 is 22.7 Å². The van der Waals surface area contributed by atoms with Crippen molar-refractivity contribution in [3.05, 3.63) is 65.2 Å². The standard InChI is InChI=1S/C15H14F4N2O/c16-13-5-4-10(8-21-13)14(12(22)7-20)9-2-1-3-11(6-9)15(17,18)19/h1-6,8,12,14,22H,7,20H2/t12-,14+/m0/s1. The van der Waals surface area contributed by atoms with Crippen LogP contribution < -0.4 is 5.73 Å². The molecule has 0 spiro atoms. The lowest BCUT2D eigenvalue weighted by molar-refractivity contribution is -0.137. The predicted octanol–water partition coefficient (Wildman–Crippen LogP) is 2.69. The fourth-order valence-corrected chi connectivity index (χ4v) is 2.25. The highest BCUT2D eigenvalue weighted by atomic mass is 19.4. The minimum absolute atomic E-state index is 0.154. The van der Waals surface area contributed by atoms with Gasteiger partial charge in [-0.15, -0.1) is 0 Å². The molecule has 0 saturated heterocycles. The Hall–Kier alpha value is -1.99. The zero-order valence-electron chi connectivity index (χ0n) is 11.4. The van der Waals surface area contributed by atoms with Crippen LogP contribution in [0.15, 0.2) is 42.6 Å². The van der Waals surface area contributed by atoms with Gasteiger partial charge in [0, 0.05) is 18.7 Å². The molecule has 7 heteroatoms. The summed E-state index contributed by atoms with van der Waals surface area (Å²) in [7, 11) is 0. The lowest BCUT2D eigenvalue weighted by atomic mass is 9.86. The number of alkyl halides is 3. The lowest BCUT2D eigenvalue weighted by Gasteiger charge is -2.23. The summed E-state index contributed by atoms with van der Waals surface area (Å²) >= 11 is 0. The van der Waals surface area contributed by atoms with Crippen LogP contribution in [0.2, 0.25) is 0 Å². The molecule has 0 aliphatic carbocycles. The van der Waals surface area contributed by atoms with E-state index in [1.807, 2.05) is 0 Å². The molecule has 2 aromatic rings. The number of benzene rings is 1. The fourth-order valence-electron chi connectivity index (χ4n) is 2.25. The van der Waals surface area contributed by atoms with Crippen molar-refractivity contribution in [3.8, 4) is 0 Å². The Bertz CT molecular complexity index is 628. The van der Waals surface area contributed by atoms with Gasteiger partial charge in [0.05, 0.1) is 11.7 Å². The second-order valence-electron chi connectivity index (χ2n) is 4.82. The number of nitrogens with zero attached hydrogens (tertiary/aromatic N) is 1. The average Bonchev–Trinajstić information content (AvgIpc) is 2.49. The molecular formula is C15H14F4N2O. The number of hydrogen-bond donors (Lipinski definition) is 2. The fraction of sp³-hybridized carbons (Fsp3) is 0.267. The maximum atomic E-state index is 12.9. The number of pyridine rings is 1. The van der Waals surface area contributed by atoms with E-state index < -0.39 is 29.7 Å². The molecule has 22 heavy (non-hydrogen) atoms. The first kappa shape index (κ1) is 16.4. The van der Waals surface area contributed by atoms with Gasteiger partial charge < -0.3 is 10.8 Å². The predicted molar refractivity (Wildman–Crippen MR) is 72.5 cm³/mol. The summed E-state index contributed by atoms with van der Waals surface area (Å²) in [5.41, 5.74) is 5.23. The molecule has 0 aliphatic heterocycles. The molecule has 1 heterocycles. The number of aliphatic hydroxyl groups is 1. The third-order valence-electron chi connectivity index (χ3n) is 3.31. The van der Waals surface area contributed by atoms with Crippen LogP contribution in [0.5, 0.6) is 0 Å². The molecular weight excluding hydrogens is 300 g/mol. The Balaban J connectivity index is 2.48. The Morgan fingerprint density at radius 3 is 2.41 bits per heavy atom. The average molecular weight is 314 g/mol. The van der Waals surface area contributed by atoms with Crippen LogP contribution in [0.3, 0.4) is 0 Å². The Labute approximate surface area is 124 Å². The van der Waals surface area contributed by atoms with E-state index in [0.717, 1.165) is 18.2 Å². The number of aliphatic hydroxyl groups excluding tert-OH is 1. The van der Waals surface area contributed by atoms with Crippen LogP contribution in [0.4, 0.5) is 17.6 Å². The maximum Gasteiger partial charge on any atom is 0.416 e. The first-order valence-electron chi connectivity index (χ1n) is 6.49. The van der Waals surface area contributed by atoms with Crippen molar-refractivity contribution in [2.75, 3.05) is 6.54 Å². The van der Waals surface area contributed by atoms with Crippen LogP contribution in [-0.2, 0) is 6.18 Å². The molecule has 3 nitrogen and oxygen atoms in total. The monoisotopic (exact) mass is 314 g/mol. The summed E-state index contributed by atoms with van der Waals surface area (Å²) in [5, 5.41) is 10.1.